The first-order valence-electron chi connectivity index (χ1n) is 8.92. The third kappa shape index (κ3) is 3.26. The van der Waals surface area contributed by atoms with Gasteiger partial charge >= 0.3 is 0 Å². The van der Waals surface area contributed by atoms with Crippen LogP contribution in [0.4, 0.5) is 0 Å². The highest BCUT2D eigenvalue weighted by atomic mass is 16.2. The molecule has 1 aromatic heterocycles. The zero-order chi connectivity index (χ0) is 18.6. The molecule has 3 rings (SSSR count). The molecule has 2 amide bonds. The third-order valence-corrected chi connectivity index (χ3v) is 5.31. The first kappa shape index (κ1) is 17.8. The first-order chi connectivity index (χ1) is 11.4. The van der Waals surface area contributed by atoms with E-state index in [-0.39, 0.29) is 22.8 Å². The second-order valence-electron chi connectivity index (χ2n) is 9.36. The van der Waals surface area contributed by atoms with Crippen LogP contribution in [-0.4, -0.2) is 21.8 Å². The molecule has 0 radical (unpaired) electrons. The average Bonchev–Trinajstić information content (AvgIpc) is 3.26. The Morgan fingerprint density at radius 3 is 2.44 bits per heavy atom. The minimum atomic E-state index is -1.01. The molecule has 1 heterocycles. The SMILES string of the molecule is CC1(C)Cc2nc(C(C)(C)C)ncc2C(NC(=O)C2(C(N)=O)CC2)C1. The Hall–Kier alpha value is -1.98. The Morgan fingerprint density at radius 1 is 1.28 bits per heavy atom. The monoisotopic (exact) mass is 344 g/mol. The van der Waals surface area contributed by atoms with E-state index in [1.807, 2.05) is 6.20 Å². The number of nitrogens with two attached hydrogens (primary N) is 1. The van der Waals surface area contributed by atoms with Crippen LogP contribution in [0.25, 0.3) is 0 Å². The predicted octanol–water partition coefficient (Wildman–Crippen LogP) is 2.17. The number of hydrogen-bond donors (Lipinski definition) is 2. The molecule has 0 saturated heterocycles. The molecule has 2 aliphatic carbocycles. The van der Waals surface area contributed by atoms with E-state index in [9.17, 15) is 9.59 Å². The molecule has 6 heteroatoms. The number of primary amides is 1. The van der Waals surface area contributed by atoms with Crippen molar-refractivity contribution in [1.29, 1.82) is 0 Å². The molecule has 1 aromatic rings. The molecule has 25 heavy (non-hydrogen) atoms. The fourth-order valence-corrected chi connectivity index (χ4v) is 3.54. The predicted molar refractivity (Wildman–Crippen MR) is 94.6 cm³/mol. The van der Waals surface area contributed by atoms with Crippen molar-refractivity contribution in [3.05, 3.63) is 23.3 Å². The number of carbonyl (C=O) groups excluding carboxylic acids is 2. The quantitative estimate of drug-likeness (QED) is 0.821. The number of amides is 2. The Labute approximate surface area is 149 Å². The summed E-state index contributed by atoms with van der Waals surface area (Å²) < 4.78 is 0. The molecule has 0 spiro atoms. The summed E-state index contributed by atoms with van der Waals surface area (Å²) >= 11 is 0. The number of hydrogen-bond acceptors (Lipinski definition) is 4. The number of carbonyl (C=O) groups is 2. The van der Waals surface area contributed by atoms with E-state index in [2.05, 4.69) is 44.9 Å². The average molecular weight is 344 g/mol. The summed E-state index contributed by atoms with van der Waals surface area (Å²) in [6.45, 7) is 10.6. The number of aromatic nitrogens is 2. The van der Waals surface area contributed by atoms with Crippen molar-refractivity contribution in [3.8, 4) is 0 Å². The van der Waals surface area contributed by atoms with Gasteiger partial charge in [-0.3, -0.25) is 9.59 Å². The van der Waals surface area contributed by atoms with Gasteiger partial charge in [0.15, 0.2) is 0 Å². The van der Waals surface area contributed by atoms with Crippen molar-refractivity contribution in [2.24, 2.45) is 16.6 Å². The zero-order valence-electron chi connectivity index (χ0n) is 15.8. The summed E-state index contributed by atoms with van der Waals surface area (Å²) in [7, 11) is 0. The summed E-state index contributed by atoms with van der Waals surface area (Å²) in [5.74, 6) is 0.0259. The topological polar surface area (TPSA) is 98.0 Å². The molecule has 3 N–H and O–H groups in total. The lowest BCUT2D eigenvalue weighted by Gasteiger charge is -2.37. The van der Waals surface area contributed by atoms with Gasteiger partial charge in [-0.2, -0.15) is 0 Å². The lowest BCUT2D eigenvalue weighted by atomic mass is 9.74. The van der Waals surface area contributed by atoms with Crippen LogP contribution in [0, 0.1) is 10.8 Å². The molecule has 0 aromatic carbocycles. The summed E-state index contributed by atoms with van der Waals surface area (Å²) in [5.41, 5.74) is 6.26. The highest BCUT2D eigenvalue weighted by Crippen LogP contribution is 2.47. The minimum Gasteiger partial charge on any atom is -0.369 e. The van der Waals surface area contributed by atoms with Crippen molar-refractivity contribution < 1.29 is 9.59 Å². The van der Waals surface area contributed by atoms with Gasteiger partial charge in [-0.1, -0.05) is 34.6 Å². The van der Waals surface area contributed by atoms with Gasteiger partial charge in [0.2, 0.25) is 11.8 Å². The van der Waals surface area contributed by atoms with Crippen LogP contribution in [0.1, 0.15) is 77.0 Å². The van der Waals surface area contributed by atoms with Crippen LogP contribution >= 0.6 is 0 Å². The number of rotatable bonds is 3. The second-order valence-corrected chi connectivity index (χ2v) is 9.36. The van der Waals surface area contributed by atoms with Crippen molar-refractivity contribution in [3.63, 3.8) is 0 Å². The van der Waals surface area contributed by atoms with E-state index in [1.165, 1.54) is 0 Å². The van der Waals surface area contributed by atoms with E-state index >= 15 is 0 Å². The van der Waals surface area contributed by atoms with E-state index in [4.69, 9.17) is 10.7 Å². The van der Waals surface area contributed by atoms with Gasteiger partial charge < -0.3 is 11.1 Å². The fraction of sp³-hybridized carbons (Fsp3) is 0.684. The van der Waals surface area contributed by atoms with Crippen LogP contribution in [-0.2, 0) is 21.4 Å². The van der Waals surface area contributed by atoms with Crippen molar-refractivity contribution in [2.45, 2.75) is 71.8 Å². The number of nitrogens with one attached hydrogen (secondary N) is 1. The van der Waals surface area contributed by atoms with Gasteiger partial charge in [-0.15, -0.1) is 0 Å². The molecule has 1 fully saturated rings. The van der Waals surface area contributed by atoms with Gasteiger partial charge in [-0.05, 0) is 31.1 Å². The molecular weight excluding hydrogens is 316 g/mol. The molecule has 1 atom stereocenters. The largest absolute Gasteiger partial charge is 0.369 e. The Balaban J connectivity index is 1.92. The van der Waals surface area contributed by atoms with E-state index in [1.54, 1.807) is 0 Å². The van der Waals surface area contributed by atoms with Gasteiger partial charge in [-0.25, -0.2) is 9.97 Å². The molecular formula is C19H28N4O2. The fourth-order valence-electron chi connectivity index (χ4n) is 3.54. The lowest BCUT2D eigenvalue weighted by Crippen LogP contribution is -2.44. The lowest BCUT2D eigenvalue weighted by molar-refractivity contribution is -0.136. The van der Waals surface area contributed by atoms with E-state index < -0.39 is 11.3 Å². The first-order valence-corrected chi connectivity index (χ1v) is 8.92. The second kappa shape index (κ2) is 5.51. The Kier molecular flexibility index (Phi) is 3.93. The van der Waals surface area contributed by atoms with Gasteiger partial charge in [0, 0.05) is 22.9 Å². The highest BCUT2D eigenvalue weighted by molar-refractivity contribution is 6.07. The number of fused-ring (bicyclic) bond motifs is 1. The van der Waals surface area contributed by atoms with Gasteiger partial charge in [0.25, 0.3) is 0 Å². The molecule has 136 valence electrons. The summed E-state index contributed by atoms with van der Waals surface area (Å²) in [4.78, 5) is 33.6. The van der Waals surface area contributed by atoms with Crippen LogP contribution < -0.4 is 11.1 Å². The van der Waals surface area contributed by atoms with E-state index in [0.717, 1.165) is 29.9 Å². The van der Waals surface area contributed by atoms with E-state index in [0.29, 0.717) is 12.8 Å². The third-order valence-electron chi connectivity index (χ3n) is 5.31. The van der Waals surface area contributed by atoms with Crippen molar-refractivity contribution in [2.75, 3.05) is 0 Å². The van der Waals surface area contributed by atoms with Crippen molar-refractivity contribution in [1.82, 2.24) is 15.3 Å². The zero-order valence-corrected chi connectivity index (χ0v) is 15.8. The summed E-state index contributed by atoms with van der Waals surface area (Å²) in [6, 6.07) is -0.183. The molecule has 1 saturated carbocycles. The molecule has 2 aliphatic rings. The smallest absolute Gasteiger partial charge is 0.236 e. The Morgan fingerprint density at radius 2 is 1.92 bits per heavy atom. The van der Waals surface area contributed by atoms with Crippen LogP contribution in [0.2, 0.25) is 0 Å². The van der Waals surface area contributed by atoms with Gasteiger partial charge in [0.1, 0.15) is 11.2 Å². The van der Waals surface area contributed by atoms with Crippen LogP contribution in [0.15, 0.2) is 6.20 Å². The maximum atomic E-state index is 12.6. The van der Waals surface area contributed by atoms with Crippen molar-refractivity contribution >= 4 is 11.8 Å². The Bertz CT molecular complexity index is 729. The normalized spacial score (nSPS) is 23.5. The van der Waals surface area contributed by atoms with Crippen LogP contribution in [0.3, 0.4) is 0 Å². The molecule has 0 bridgehead atoms. The standard InChI is InChI=1S/C19H28N4O2/c1-17(2,3)15-21-10-11-12(22-15)8-18(4,5)9-13(11)23-16(25)19(6-7-19)14(20)24/h10,13H,6-9H2,1-5H3,(H2,20,24)(H,23,25). The maximum Gasteiger partial charge on any atom is 0.236 e. The highest BCUT2D eigenvalue weighted by Gasteiger charge is 2.56. The molecule has 0 aliphatic heterocycles. The minimum absolute atomic E-state index is 0.0118. The summed E-state index contributed by atoms with van der Waals surface area (Å²) in [6.07, 6.45) is 4.56. The van der Waals surface area contributed by atoms with Crippen LogP contribution in [0.5, 0.6) is 0 Å². The summed E-state index contributed by atoms with van der Waals surface area (Å²) in [5, 5.41) is 3.05. The molecule has 6 nitrogen and oxygen atoms in total. The number of nitrogens with zero attached hydrogens (tertiary/aromatic N) is 2. The molecule has 1 unspecified atom stereocenters. The van der Waals surface area contributed by atoms with Gasteiger partial charge in [0.05, 0.1) is 6.04 Å². The maximum absolute atomic E-state index is 12.6.